The molecule has 1 aromatic rings. The highest BCUT2D eigenvalue weighted by molar-refractivity contribution is 5.95. The molecule has 6 heteroatoms. The number of rotatable bonds is 7. The van der Waals surface area contributed by atoms with Crippen molar-refractivity contribution in [3.8, 4) is 11.5 Å². The van der Waals surface area contributed by atoms with E-state index in [-0.39, 0.29) is 24.1 Å². The lowest BCUT2D eigenvalue weighted by Gasteiger charge is -2.26. The quantitative estimate of drug-likeness (QED) is 0.804. The number of phenolic OH excluding ortho intramolecular Hbond substituents is 1. The smallest absolute Gasteiger partial charge is 0.303 e. The second-order valence-electron chi connectivity index (χ2n) is 4.98. The molecular formula is C15H21NO5. The van der Waals surface area contributed by atoms with Crippen LogP contribution in [0.5, 0.6) is 11.5 Å². The minimum Gasteiger partial charge on any atom is -0.504 e. The summed E-state index contributed by atoms with van der Waals surface area (Å²) in [5, 5.41) is 18.4. The number of benzene rings is 1. The van der Waals surface area contributed by atoms with Gasteiger partial charge in [0.15, 0.2) is 11.5 Å². The molecule has 116 valence electrons. The van der Waals surface area contributed by atoms with Gasteiger partial charge in [-0.3, -0.25) is 9.59 Å². The van der Waals surface area contributed by atoms with Crippen LogP contribution in [0, 0.1) is 0 Å². The van der Waals surface area contributed by atoms with Crippen molar-refractivity contribution < 1.29 is 24.5 Å². The second kappa shape index (κ2) is 7.52. The number of phenols is 1. The number of hydrogen-bond acceptors (Lipinski definition) is 4. The summed E-state index contributed by atoms with van der Waals surface area (Å²) in [5.41, 5.74) is 0.345. The third-order valence-corrected chi connectivity index (χ3v) is 3.10. The summed E-state index contributed by atoms with van der Waals surface area (Å²) in [7, 11) is 1.43. The molecule has 0 unspecified atom stereocenters. The van der Waals surface area contributed by atoms with E-state index >= 15 is 0 Å². The zero-order valence-electron chi connectivity index (χ0n) is 12.5. The first kappa shape index (κ1) is 16.8. The molecule has 1 rings (SSSR count). The number of aromatic hydroxyl groups is 1. The van der Waals surface area contributed by atoms with Gasteiger partial charge in [0.2, 0.25) is 0 Å². The van der Waals surface area contributed by atoms with Gasteiger partial charge in [0.05, 0.1) is 7.11 Å². The zero-order chi connectivity index (χ0) is 16.0. The van der Waals surface area contributed by atoms with E-state index in [2.05, 4.69) is 0 Å². The van der Waals surface area contributed by atoms with Crippen LogP contribution in [-0.2, 0) is 4.79 Å². The molecule has 0 saturated carbocycles. The minimum absolute atomic E-state index is 0.0182. The first-order valence-corrected chi connectivity index (χ1v) is 6.76. The van der Waals surface area contributed by atoms with Crippen molar-refractivity contribution in [1.29, 1.82) is 0 Å². The molecule has 0 spiro atoms. The van der Waals surface area contributed by atoms with Crippen molar-refractivity contribution in [3.05, 3.63) is 23.8 Å². The van der Waals surface area contributed by atoms with Gasteiger partial charge in [-0.15, -0.1) is 0 Å². The number of hydrogen-bond donors (Lipinski definition) is 2. The van der Waals surface area contributed by atoms with Crippen LogP contribution in [0.3, 0.4) is 0 Å². The standard InChI is InChI=1S/C15H21NO5/c1-10(2)16(8-4-5-14(18)19)15(20)11-6-7-13(21-3)12(17)9-11/h6-7,9-10,17H,4-5,8H2,1-3H3,(H,18,19). The van der Waals surface area contributed by atoms with Crippen LogP contribution >= 0.6 is 0 Å². The Hall–Kier alpha value is -2.24. The second-order valence-corrected chi connectivity index (χ2v) is 4.98. The van der Waals surface area contributed by atoms with Gasteiger partial charge in [-0.25, -0.2) is 0 Å². The molecule has 0 saturated heterocycles. The van der Waals surface area contributed by atoms with Gasteiger partial charge in [-0.2, -0.15) is 0 Å². The Morgan fingerprint density at radius 3 is 2.48 bits per heavy atom. The fraction of sp³-hybridized carbons (Fsp3) is 0.467. The van der Waals surface area contributed by atoms with Gasteiger partial charge in [0, 0.05) is 24.6 Å². The monoisotopic (exact) mass is 295 g/mol. The van der Waals surface area contributed by atoms with Crippen molar-refractivity contribution in [2.75, 3.05) is 13.7 Å². The van der Waals surface area contributed by atoms with E-state index in [0.29, 0.717) is 24.3 Å². The van der Waals surface area contributed by atoms with Gasteiger partial charge < -0.3 is 19.8 Å². The molecule has 0 fully saturated rings. The first-order valence-electron chi connectivity index (χ1n) is 6.76. The molecule has 0 aliphatic rings. The highest BCUT2D eigenvalue weighted by Crippen LogP contribution is 2.27. The fourth-order valence-electron chi connectivity index (χ4n) is 1.98. The average Bonchev–Trinajstić information content (AvgIpc) is 2.42. The molecule has 0 aliphatic heterocycles. The lowest BCUT2D eigenvalue weighted by atomic mass is 10.1. The van der Waals surface area contributed by atoms with E-state index in [1.165, 1.54) is 19.2 Å². The van der Waals surface area contributed by atoms with Gasteiger partial charge in [0.25, 0.3) is 5.91 Å². The van der Waals surface area contributed by atoms with Crippen LogP contribution in [0.15, 0.2) is 18.2 Å². The Balaban J connectivity index is 2.85. The molecule has 0 bridgehead atoms. The van der Waals surface area contributed by atoms with E-state index in [0.717, 1.165) is 0 Å². The maximum atomic E-state index is 12.4. The summed E-state index contributed by atoms with van der Waals surface area (Å²) in [6.07, 6.45) is 0.408. The summed E-state index contributed by atoms with van der Waals surface area (Å²) < 4.78 is 4.94. The van der Waals surface area contributed by atoms with Crippen molar-refractivity contribution in [2.45, 2.75) is 32.7 Å². The maximum Gasteiger partial charge on any atom is 0.303 e. The van der Waals surface area contributed by atoms with E-state index in [4.69, 9.17) is 9.84 Å². The largest absolute Gasteiger partial charge is 0.504 e. The third-order valence-electron chi connectivity index (χ3n) is 3.10. The SMILES string of the molecule is COc1ccc(C(=O)N(CCCC(=O)O)C(C)C)cc1O. The molecular weight excluding hydrogens is 274 g/mol. The summed E-state index contributed by atoms with van der Waals surface area (Å²) in [4.78, 5) is 24.6. The molecule has 0 heterocycles. The number of carbonyl (C=O) groups excluding carboxylic acids is 1. The maximum absolute atomic E-state index is 12.4. The molecule has 0 aromatic heterocycles. The van der Waals surface area contributed by atoms with E-state index in [9.17, 15) is 14.7 Å². The van der Waals surface area contributed by atoms with Crippen LogP contribution in [0.1, 0.15) is 37.0 Å². The summed E-state index contributed by atoms with van der Waals surface area (Å²) >= 11 is 0. The number of carbonyl (C=O) groups is 2. The lowest BCUT2D eigenvalue weighted by Crippen LogP contribution is -2.37. The number of methoxy groups -OCH3 is 1. The van der Waals surface area contributed by atoms with Crippen LogP contribution in [0.2, 0.25) is 0 Å². The predicted molar refractivity (Wildman–Crippen MR) is 77.7 cm³/mol. The molecule has 0 atom stereocenters. The van der Waals surface area contributed by atoms with Crippen LogP contribution in [0.25, 0.3) is 0 Å². The van der Waals surface area contributed by atoms with E-state index < -0.39 is 5.97 Å². The minimum atomic E-state index is -0.881. The summed E-state index contributed by atoms with van der Waals surface area (Å²) in [6.45, 7) is 4.08. The van der Waals surface area contributed by atoms with E-state index in [1.54, 1.807) is 11.0 Å². The molecule has 0 aliphatic carbocycles. The Labute approximate surface area is 124 Å². The van der Waals surface area contributed by atoms with Crippen LogP contribution < -0.4 is 4.74 Å². The van der Waals surface area contributed by atoms with Crippen molar-refractivity contribution in [2.24, 2.45) is 0 Å². The highest BCUT2D eigenvalue weighted by Gasteiger charge is 2.20. The Morgan fingerprint density at radius 2 is 2.00 bits per heavy atom. The molecule has 1 amide bonds. The topological polar surface area (TPSA) is 87.1 Å². The van der Waals surface area contributed by atoms with Gasteiger partial charge in [0.1, 0.15) is 0 Å². The molecule has 2 N–H and O–H groups in total. The molecule has 0 radical (unpaired) electrons. The van der Waals surface area contributed by atoms with Gasteiger partial charge in [-0.1, -0.05) is 0 Å². The molecule has 1 aromatic carbocycles. The summed E-state index contributed by atoms with van der Waals surface area (Å²) in [5.74, 6) is -0.923. The number of amides is 1. The first-order chi connectivity index (χ1) is 9.86. The Bertz CT molecular complexity index is 513. The third kappa shape index (κ3) is 4.66. The number of nitrogens with zero attached hydrogens (tertiary/aromatic N) is 1. The normalized spacial score (nSPS) is 10.5. The summed E-state index contributed by atoms with van der Waals surface area (Å²) in [6, 6.07) is 4.40. The van der Waals surface area contributed by atoms with E-state index in [1.807, 2.05) is 13.8 Å². The fourth-order valence-corrected chi connectivity index (χ4v) is 1.98. The molecule has 6 nitrogen and oxygen atoms in total. The number of carboxylic acids is 1. The number of carboxylic acid groups (broad SMARTS) is 1. The van der Waals surface area contributed by atoms with Crippen molar-refractivity contribution in [1.82, 2.24) is 4.90 Å². The van der Waals surface area contributed by atoms with Gasteiger partial charge in [-0.05, 0) is 38.5 Å². The lowest BCUT2D eigenvalue weighted by molar-refractivity contribution is -0.137. The van der Waals surface area contributed by atoms with Crippen molar-refractivity contribution in [3.63, 3.8) is 0 Å². The predicted octanol–water partition coefficient (Wildman–Crippen LogP) is 2.12. The molecule has 21 heavy (non-hydrogen) atoms. The highest BCUT2D eigenvalue weighted by atomic mass is 16.5. The number of aliphatic carboxylic acids is 1. The van der Waals surface area contributed by atoms with Crippen molar-refractivity contribution >= 4 is 11.9 Å². The van der Waals surface area contributed by atoms with Crippen LogP contribution in [-0.4, -0.2) is 46.7 Å². The Morgan fingerprint density at radius 1 is 1.33 bits per heavy atom. The number of ether oxygens (including phenoxy) is 1. The average molecular weight is 295 g/mol. The Kier molecular flexibility index (Phi) is 6.02. The van der Waals surface area contributed by atoms with Crippen LogP contribution in [0.4, 0.5) is 0 Å². The van der Waals surface area contributed by atoms with Gasteiger partial charge >= 0.3 is 5.97 Å². The zero-order valence-corrected chi connectivity index (χ0v) is 12.5.